The summed E-state index contributed by atoms with van der Waals surface area (Å²) >= 11 is 0. The number of nitrogens with two attached hydrogens (primary N) is 1. The Morgan fingerprint density at radius 1 is 1.06 bits per heavy atom. The van der Waals surface area contributed by atoms with Gasteiger partial charge in [0.2, 0.25) is 0 Å². The Hall–Kier alpha value is -1.06. The molecule has 1 aliphatic heterocycles. The third-order valence-corrected chi connectivity index (χ3v) is 3.36. The summed E-state index contributed by atoms with van der Waals surface area (Å²) in [6.45, 7) is 5.75. The van der Waals surface area contributed by atoms with E-state index >= 15 is 0 Å². The van der Waals surface area contributed by atoms with Crippen molar-refractivity contribution in [2.75, 3.05) is 31.9 Å². The zero-order valence-electron chi connectivity index (χ0n) is 10.5. The van der Waals surface area contributed by atoms with Crippen LogP contribution in [0, 0.1) is 0 Å². The highest BCUT2D eigenvalue weighted by Gasteiger charge is 2.08. The van der Waals surface area contributed by atoms with Crippen LogP contribution in [0.4, 0.5) is 5.69 Å². The Morgan fingerprint density at radius 3 is 2.47 bits per heavy atom. The molecular weight excluding hydrogens is 210 g/mol. The van der Waals surface area contributed by atoms with Crippen molar-refractivity contribution >= 4 is 5.69 Å². The zero-order chi connectivity index (χ0) is 11.9. The molecule has 3 N–H and O–H groups in total. The van der Waals surface area contributed by atoms with Crippen molar-refractivity contribution in [2.24, 2.45) is 0 Å². The van der Waals surface area contributed by atoms with E-state index in [1.54, 1.807) is 0 Å². The van der Waals surface area contributed by atoms with Gasteiger partial charge >= 0.3 is 0 Å². The van der Waals surface area contributed by atoms with Crippen LogP contribution in [0.25, 0.3) is 0 Å². The number of nitrogens with one attached hydrogen (secondary N) is 1. The van der Waals surface area contributed by atoms with E-state index in [2.05, 4.69) is 22.3 Å². The molecule has 0 amide bonds. The van der Waals surface area contributed by atoms with Crippen molar-refractivity contribution in [3.63, 3.8) is 0 Å². The largest absolute Gasteiger partial charge is 0.399 e. The normalized spacial score (nSPS) is 17.2. The molecule has 1 aromatic carbocycles. The van der Waals surface area contributed by atoms with E-state index < -0.39 is 0 Å². The van der Waals surface area contributed by atoms with Gasteiger partial charge in [-0.25, -0.2) is 0 Å². The van der Waals surface area contributed by atoms with Crippen molar-refractivity contribution in [2.45, 2.75) is 25.8 Å². The zero-order valence-corrected chi connectivity index (χ0v) is 10.5. The lowest BCUT2D eigenvalue weighted by Gasteiger charge is -2.26. The second-order valence-electron chi connectivity index (χ2n) is 4.82. The van der Waals surface area contributed by atoms with Crippen LogP contribution in [0.15, 0.2) is 24.3 Å². The van der Waals surface area contributed by atoms with Gasteiger partial charge in [-0.1, -0.05) is 18.6 Å². The van der Waals surface area contributed by atoms with Crippen molar-refractivity contribution < 1.29 is 0 Å². The minimum absolute atomic E-state index is 0.835. The SMILES string of the molecule is Nc1ccc(CNCCN2CCCCC2)cc1. The molecule has 1 heterocycles. The minimum Gasteiger partial charge on any atom is -0.399 e. The highest BCUT2D eigenvalue weighted by molar-refractivity contribution is 5.39. The number of piperidine rings is 1. The van der Waals surface area contributed by atoms with E-state index in [4.69, 9.17) is 5.73 Å². The lowest BCUT2D eigenvalue weighted by molar-refractivity contribution is 0.229. The summed E-state index contributed by atoms with van der Waals surface area (Å²) in [5.41, 5.74) is 7.79. The molecule has 1 aromatic rings. The lowest BCUT2D eigenvalue weighted by atomic mass is 10.1. The molecule has 0 radical (unpaired) electrons. The fourth-order valence-electron chi connectivity index (χ4n) is 2.29. The standard InChI is InChI=1S/C14H23N3/c15-14-6-4-13(5-7-14)12-16-8-11-17-9-2-1-3-10-17/h4-7,16H,1-3,8-12,15H2. The number of hydrogen-bond acceptors (Lipinski definition) is 3. The molecule has 0 aromatic heterocycles. The molecule has 0 saturated carbocycles. The van der Waals surface area contributed by atoms with Gasteiger partial charge in [0.25, 0.3) is 0 Å². The summed E-state index contributed by atoms with van der Waals surface area (Å²) < 4.78 is 0. The lowest BCUT2D eigenvalue weighted by Crippen LogP contribution is -2.35. The Morgan fingerprint density at radius 2 is 1.76 bits per heavy atom. The summed E-state index contributed by atoms with van der Waals surface area (Å²) in [6.07, 6.45) is 4.16. The second kappa shape index (κ2) is 6.62. The topological polar surface area (TPSA) is 41.3 Å². The number of benzene rings is 1. The summed E-state index contributed by atoms with van der Waals surface area (Å²) in [5, 5.41) is 3.49. The van der Waals surface area contributed by atoms with E-state index in [-0.39, 0.29) is 0 Å². The second-order valence-corrected chi connectivity index (χ2v) is 4.82. The van der Waals surface area contributed by atoms with Crippen molar-refractivity contribution in [3.05, 3.63) is 29.8 Å². The molecule has 1 aliphatic rings. The van der Waals surface area contributed by atoms with Gasteiger partial charge in [-0.15, -0.1) is 0 Å². The number of hydrogen-bond donors (Lipinski definition) is 2. The van der Waals surface area contributed by atoms with Gasteiger partial charge in [0, 0.05) is 25.3 Å². The van der Waals surface area contributed by atoms with Crippen LogP contribution in [0.1, 0.15) is 24.8 Å². The minimum atomic E-state index is 0.835. The molecule has 0 atom stereocenters. The van der Waals surface area contributed by atoms with Gasteiger partial charge in [0.05, 0.1) is 0 Å². The molecule has 3 heteroatoms. The van der Waals surface area contributed by atoms with Gasteiger partial charge < -0.3 is 16.0 Å². The first-order valence-electron chi connectivity index (χ1n) is 6.62. The van der Waals surface area contributed by atoms with Gasteiger partial charge in [0.15, 0.2) is 0 Å². The predicted octanol–water partition coefficient (Wildman–Crippen LogP) is 1.84. The fraction of sp³-hybridized carbons (Fsp3) is 0.571. The van der Waals surface area contributed by atoms with E-state index in [0.29, 0.717) is 0 Å². The molecule has 2 rings (SSSR count). The van der Waals surface area contributed by atoms with Crippen LogP contribution in [0.2, 0.25) is 0 Å². The summed E-state index contributed by atoms with van der Waals surface area (Å²) in [4.78, 5) is 2.56. The fourth-order valence-corrected chi connectivity index (χ4v) is 2.29. The van der Waals surface area contributed by atoms with Crippen LogP contribution < -0.4 is 11.1 Å². The van der Waals surface area contributed by atoms with Crippen molar-refractivity contribution in [3.8, 4) is 0 Å². The van der Waals surface area contributed by atoms with E-state index in [0.717, 1.165) is 18.8 Å². The third-order valence-electron chi connectivity index (χ3n) is 3.36. The number of rotatable bonds is 5. The van der Waals surface area contributed by atoms with Crippen LogP contribution in [-0.4, -0.2) is 31.1 Å². The maximum Gasteiger partial charge on any atom is 0.0314 e. The van der Waals surface area contributed by atoms with Crippen molar-refractivity contribution in [1.82, 2.24) is 10.2 Å². The average Bonchev–Trinajstić information content (AvgIpc) is 2.38. The van der Waals surface area contributed by atoms with Gasteiger partial charge in [-0.2, -0.15) is 0 Å². The molecule has 0 spiro atoms. The number of anilines is 1. The van der Waals surface area contributed by atoms with Crippen LogP contribution in [0.3, 0.4) is 0 Å². The molecule has 94 valence electrons. The highest BCUT2D eigenvalue weighted by Crippen LogP contribution is 2.07. The summed E-state index contributed by atoms with van der Waals surface area (Å²) in [6, 6.07) is 8.09. The van der Waals surface area contributed by atoms with Gasteiger partial charge in [-0.05, 0) is 43.6 Å². The monoisotopic (exact) mass is 233 g/mol. The van der Waals surface area contributed by atoms with Crippen LogP contribution in [-0.2, 0) is 6.54 Å². The number of nitrogen functional groups attached to an aromatic ring is 1. The van der Waals surface area contributed by atoms with Gasteiger partial charge in [0.1, 0.15) is 0 Å². The highest BCUT2D eigenvalue weighted by atomic mass is 15.1. The smallest absolute Gasteiger partial charge is 0.0314 e. The maximum absolute atomic E-state index is 5.65. The summed E-state index contributed by atoms with van der Waals surface area (Å²) in [5.74, 6) is 0. The molecule has 0 unspecified atom stereocenters. The number of nitrogens with zero attached hydrogens (tertiary/aromatic N) is 1. The van der Waals surface area contributed by atoms with Gasteiger partial charge in [-0.3, -0.25) is 0 Å². The Kier molecular flexibility index (Phi) is 4.83. The maximum atomic E-state index is 5.65. The van der Waals surface area contributed by atoms with Crippen LogP contribution >= 0.6 is 0 Å². The molecule has 1 fully saturated rings. The first-order valence-corrected chi connectivity index (χ1v) is 6.62. The molecular formula is C14H23N3. The first-order chi connectivity index (χ1) is 8.34. The molecule has 0 aliphatic carbocycles. The molecule has 0 bridgehead atoms. The Balaban J connectivity index is 1.60. The predicted molar refractivity (Wildman–Crippen MR) is 72.9 cm³/mol. The summed E-state index contributed by atoms with van der Waals surface area (Å²) in [7, 11) is 0. The van der Waals surface area contributed by atoms with E-state index in [9.17, 15) is 0 Å². The van der Waals surface area contributed by atoms with Crippen molar-refractivity contribution in [1.29, 1.82) is 0 Å². The Bertz CT molecular complexity index is 315. The Labute approximate surface area is 104 Å². The molecule has 17 heavy (non-hydrogen) atoms. The molecule has 3 nitrogen and oxygen atoms in total. The quantitative estimate of drug-likeness (QED) is 0.602. The number of likely N-dealkylation sites (tertiary alicyclic amines) is 1. The average molecular weight is 233 g/mol. The van der Waals surface area contributed by atoms with Crippen LogP contribution in [0.5, 0.6) is 0 Å². The first kappa shape index (κ1) is 12.4. The third kappa shape index (κ3) is 4.36. The molecule has 1 saturated heterocycles. The van der Waals surface area contributed by atoms with E-state index in [1.165, 1.54) is 44.5 Å². The van der Waals surface area contributed by atoms with E-state index in [1.807, 2.05) is 12.1 Å².